The van der Waals surface area contributed by atoms with E-state index in [9.17, 15) is 4.79 Å². The van der Waals surface area contributed by atoms with Gasteiger partial charge in [0.15, 0.2) is 5.78 Å². The highest BCUT2D eigenvalue weighted by atomic mass is 35.5. The third-order valence-corrected chi connectivity index (χ3v) is 2.36. The van der Waals surface area contributed by atoms with Crippen molar-refractivity contribution in [2.45, 2.75) is 20.8 Å². The largest absolute Gasteiger partial charge is 0.291 e. The summed E-state index contributed by atoms with van der Waals surface area (Å²) < 4.78 is 0. The van der Waals surface area contributed by atoms with Gasteiger partial charge in [0.1, 0.15) is 6.07 Å². The van der Waals surface area contributed by atoms with Gasteiger partial charge >= 0.3 is 0 Å². The third kappa shape index (κ3) is 3.86. The van der Waals surface area contributed by atoms with E-state index >= 15 is 0 Å². The predicted molar refractivity (Wildman–Crippen MR) is 72.6 cm³/mol. The highest BCUT2D eigenvalue weighted by Gasteiger charge is 2.26. The lowest BCUT2D eigenvalue weighted by Crippen LogP contribution is -2.28. The SMILES string of the molecule is CC(C)(C)C(=O)C(C#N)=NNc1cccc(Cl)c1. The number of nitriles is 1. The summed E-state index contributed by atoms with van der Waals surface area (Å²) in [6.07, 6.45) is 0. The molecule has 0 aliphatic carbocycles. The first-order chi connectivity index (χ1) is 8.34. The molecule has 0 aliphatic rings. The minimum atomic E-state index is -0.634. The first-order valence-corrected chi connectivity index (χ1v) is 5.76. The number of carbonyl (C=O) groups is 1. The molecule has 94 valence electrons. The van der Waals surface area contributed by atoms with Crippen LogP contribution in [0.3, 0.4) is 0 Å². The average molecular weight is 264 g/mol. The second kappa shape index (κ2) is 5.65. The Morgan fingerprint density at radius 3 is 2.61 bits per heavy atom. The lowest BCUT2D eigenvalue weighted by molar-refractivity contribution is -0.119. The Kier molecular flexibility index (Phi) is 4.46. The molecular formula is C13H14ClN3O. The highest BCUT2D eigenvalue weighted by molar-refractivity contribution is 6.47. The molecule has 0 unspecified atom stereocenters. The summed E-state index contributed by atoms with van der Waals surface area (Å²) in [5.74, 6) is -0.306. The van der Waals surface area contributed by atoms with Crippen LogP contribution < -0.4 is 5.43 Å². The van der Waals surface area contributed by atoms with Crippen molar-refractivity contribution >= 4 is 28.8 Å². The van der Waals surface area contributed by atoms with Crippen LogP contribution in [-0.2, 0) is 4.79 Å². The van der Waals surface area contributed by atoms with E-state index in [0.717, 1.165) is 0 Å². The van der Waals surface area contributed by atoms with Gasteiger partial charge in [-0.1, -0.05) is 38.4 Å². The molecule has 0 amide bonds. The van der Waals surface area contributed by atoms with Gasteiger partial charge in [-0.2, -0.15) is 10.4 Å². The Morgan fingerprint density at radius 2 is 2.11 bits per heavy atom. The van der Waals surface area contributed by atoms with E-state index in [1.165, 1.54) is 0 Å². The standard InChI is InChI=1S/C13H14ClN3O/c1-13(2,3)12(18)11(8-15)17-16-10-6-4-5-9(14)7-10/h4-7,16H,1-3H3. The van der Waals surface area contributed by atoms with Crippen molar-refractivity contribution < 1.29 is 4.79 Å². The van der Waals surface area contributed by atoms with Crippen molar-refractivity contribution in [1.29, 1.82) is 5.26 Å². The van der Waals surface area contributed by atoms with Crippen molar-refractivity contribution in [1.82, 2.24) is 0 Å². The molecule has 0 aliphatic heterocycles. The summed E-state index contributed by atoms with van der Waals surface area (Å²) in [4.78, 5) is 11.9. The van der Waals surface area contributed by atoms with Crippen LogP contribution in [0.5, 0.6) is 0 Å². The van der Waals surface area contributed by atoms with E-state index < -0.39 is 5.41 Å². The van der Waals surface area contributed by atoms with Crippen LogP contribution >= 0.6 is 11.6 Å². The number of nitrogens with one attached hydrogen (secondary N) is 1. The number of ketones is 1. The van der Waals surface area contributed by atoms with Gasteiger partial charge in [0.2, 0.25) is 5.71 Å². The maximum Gasteiger partial charge on any atom is 0.204 e. The second-order valence-corrected chi connectivity index (χ2v) is 5.21. The molecule has 1 aromatic rings. The van der Waals surface area contributed by atoms with E-state index in [0.29, 0.717) is 10.7 Å². The normalized spacial score (nSPS) is 11.8. The fraction of sp³-hybridized carbons (Fsp3) is 0.308. The number of halogens is 1. The summed E-state index contributed by atoms with van der Waals surface area (Å²) in [5.41, 5.74) is 2.49. The molecule has 1 rings (SSSR count). The van der Waals surface area contributed by atoms with Crippen LogP contribution in [0.15, 0.2) is 29.4 Å². The van der Waals surface area contributed by atoms with Crippen LogP contribution in [-0.4, -0.2) is 11.5 Å². The van der Waals surface area contributed by atoms with Gasteiger partial charge in [0, 0.05) is 10.4 Å². The maximum absolute atomic E-state index is 11.9. The Balaban J connectivity index is 2.89. The first kappa shape index (κ1) is 14.2. The number of nitrogens with zero attached hydrogens (tertiary/aromatic N) is 2. The summed E-state index contributed by atoms with van der Waals surface area (Å²) in [6.45, 7) is 5.21. The van der Waals surface area contributed by atoms with Crippen LogP contribution in [0.2, 0.25) is 5.02 Å². The Hall–Kier alpha value is -1.86. The monoisotopic (exact) mass is 263 g/mol. The molecule has 0 atom stereocenters. The molecule has 0 fully saturated rings. The first-order valence-electron chi connectivity index (χ1n) is 5.39. The Bertz CT molecular complexity index is 524. The number of hydrogen-bond acceptors (Lipinski definition) is 4. The molecule has 5 heteroatoms. The summed E-state index contributed by atoms with van der Waals surface area (Å²) in [6, 6.07) is 8.67. The number of hydrogen-bond donors (Lipinski definition) is 1. The third-order valence-electron chi connectivity index (χ3n) is 2.12. The lowest BCUT2D eigenvalue weighted by atomic mass is 9.88. The zero-order valence-corrected chi connectivity index (χ0v) is 11.2. The Morgan fingerprint density at radius 1 is 1.44 bits per heavy atom. The molecule has 18 heavy (non-hydrogen) atoms. The summed E-state index contributed by atoms with van der Waals surface area (Å²) in [5, 5.41) is 13.3. The Labute approximate surface area is 111 Å². The molecule has 1 aromatic carbocycles. The number of Topliss-reactive ketones (excluding diaryl/α,β-unsaturated/α-hetero) is 1. The van der Waals surface area contributed by atoms with Crippen LogP contribution in [0.25, 0.3) is 0 Å². The van der Waals surface area contributed by atoms with Gasteiger partial charge in [0.05, 0.1) is 5.69 Å². The molecular weight excluding hydrogens is 250 g/mol. The molecule has 0 radical (unpaired) electrons. The van der Waals surface area contributed by atoms with Crippen molar-refractivity contribution in [3.8, 4) is 6.07 Å². The fourth-order valence-electron chi connectivity index (χ4n) is 1.16. The number of benzene rings is 1. The van der Waals surface area contributed by atoms with Gasteiger partial charge in [-0.3, -0.25) is 10.2 Å². The van der Waals surface area contributed by atoms with E-state index in [2.05, 4.69) is 10.5 Å². The van der Waals surface area contributed by atoms with E-state index in [1.54, 1.807) is 51.1 Å². The van der Waals surface area contributed by atoms with E-state index in [1.807, 2.05) is 0 Å². The molecule has 0 heterocycles. The van der Waals surface area contributed by atoms with Crippen molar-refractivity contribution in [2.24, 2.45) is 10.5 Å². The van der Waals surface area contributed by atoms with Gasteiger partial charge in [-0.25, -0.2) is 0 Å². The predicted octanol–water partition coefficient (Wildman–Crippen LogP) is 3.25. The van der Waals surface area contributed by atoms with E-state index in [4.69, 9.17) is 16.9 Å². The topological polar surface area (TPSA) is 65.2 Å². The molecule has 0 saturated heterocycles. The van der Waals surface area contributed by atoms with Gasteiger partial charge < -0.3 is 0 Å². The molecule has 0 bridgehead atoms. The minimum Gasteiger partial charge on any atom is -0.291 e. The molecule has 4 nitrogen and oxygen atoms in total. The van der Waals surface area contributed by atoms with Crippen molar-refractivity contribution in [3.63, 3.8) is 0 Å². The molecule has 1 N–H and O–H groups in total. The van der Waals surface area contributed by atoms with Crippen molar-refractivity contribution in [2.75, 3.05) is 5.43 Å². The van der Waals surface area contributed by atoms with Gasteiger partial charge in [-0.15, -0.1) is 0 Å². The summed E-state index contributed by atoms with van der Waals surface area (Å²) in [7, 11) is 0. The number of hydrazone groups is 1. The zero-order chi connectivity index (χ0) is 13.8. The fourth-order valence-corrected chi connectivity index (χ4v) is 1.35. The number of anilines is 1. The quantitative estimate of drug-likeness (QED) is 0.672. The molecule has 0 spiro atoms. The molecule has 0 aromatic heterocycles. The number of rotatable bonds is 3. The average Bonchev–Trinajstić information content (AvgIpc) is 2.28. The second-order valence-electron chi connectivity index (χ2n) is 4.77. The van der Waals surface area contributed by atoms with Crippen LogP contribution in [0.4, 0.5) is 5.69 Å². The van der Waals surface area contributed by atoms with E-state index in [-0.39, 0.29) is 11.5 Å². The zero-order valence-electron chi connectivity index (χ0n) is 10.5. The summed E-state index contributed by atoms with van der Waals surface area (Å²) >= 11 is 5.81. The highest BCUT2D eigenvalue weighted by Crippen LogP contribution is 2.17. The minimum absolute atomic E-state index is 0.150. The number of carbonyl (C=O) groups excluding carboxylic acids is 1. The maximum atomic E-state index is 11.9. The van der Waals surface area contributed by atoms with Crippen LogP contribution in [0.1, 0.15) is 20.8 Å². The smallest absolute Gasteiger partial charge is 0.204 e. The van der Waals surface area contributed by atoms with Crippen molar-refractivity contribution in [3.05, 3.63) is 29.3 Å². The van der Waals surface area contributed by atoms with Gasteiger partial charge in [0.25, 0.3) is 0 Å². The lowest BCUT2D eigenvalue weighted by Gasteiger charge is -2.14. The van der Waals surface area contributed by atoms with Crippen LogP contribution in [0, 0.1) is 16.7 Å². The molecule has 0 saturated carbocycles. The van der Waals surface area contributed by atoms with Gasteiger partial charge in [-0.05, 0) is 18.2 Å².